The summed E-state index contributed by atoms with van der Waals surface area (Å²) in [7, 11) is -3.93. The monoisotopic (exact) mass is 747 g/mol. The van der Waals surface area contributed by atoms with E-state index in [4.69, 9.17) is 14.5 Å². The maximum absolute atomic E-state index is 14.2. The van der Waals surface area contributed by atoms with Gasteiger partial charge in [-0.05, 0) is 64.5 Å². The molecule has 6 rings (SSSR count). The van der Waals surface area contributed by atoms with Crippen molar-refractivity contribution in [1.29, 1.82) is 0 Å². The first-order chi connectivity index (χ1) is 25.0. The van der Waals surface area contributed by atoms with E-state index >= 15 is 0 Å². The molecule has 1 aliphatic heterocycles. The van der Waals surface area contributed by atoms with Crippen LogP contribution < -0.4 is 20.1 Å². The minimum atomic E-state index is -3.93. The normalized spacial score (nSPS) is 23.7. The number of aliphatic hydroxyl groups excluding tert-OH is 1. The Kier molecular flexibility index (Phi) is 10.3. The van der Waals surface area contributed by atoms with Gasteiger partial charge >= 0.3 is 6.09 Å². The standard InChI is InChI=1S/C38H45N5O9S/c1-6-25-20-38(25,35(47)42-53(49,50)27-16-17-27)41-32(45)30-19-26(21-43(30)34(46)31(22(2)44)40-36(48)52-37(3,4)5)51-33-28-15-11-10-14-24(28)18-29(39-33)23-12-8-7-9-13-23/h6-15,18,22,25-27,30-31,44H,1,16-17,19-21H2,2-5H3,(H,40,48)(H,41,45)(H,42,47)/t22-,25+,26+,30-,31-,38+/m0/s1. The van der Waals surface area contributed by atoms with Crippen molar-refractivity contribution in [3.63, 3.8) is 0 Å². The molecule has 53 heavy (non-hydrogen) atoms. The Hall–Kier alpha value is -5.02. The number of fused-ring (bicyclic) bond motifs is 1. The van der Waals surface area contributed by atoms with Crippen LogP contribution in [0.15, 0.2) is 73.3 Å². The van der Waals surface area contributed by atoms with Crippen molar-refractivity contribution in [2.24, 2.45) is 5.92 Å². The molecule has 2 saturated carbocycles. The molecular weight excluding hydrogens is 703 g/mol. The molecule has 282 valence electrons. The second kappa shape index (κ2) is 14.4. The van der Waals surface area contributed by atoms with Gasteiger partial charge in [0, 0.05) is 23.3 Å². The van der Waals surface area contributed by atoms with Gasteiger partial charge in [-0.15, -0.1) is 6.58 Å². The lowest BCUT2D eigenvalue weighted by Crippen LogP contribution is -2.60. The van der Waals surface area contributed by atoms with E-state index in [-0.39, 0.29) is 25.3 Å². The summed E-state index contributed by atoms with van der Waals surface area (Å²) in [6.45, 7) is 9.86. The van der Waals surface area contributed by atoms with E-state index in [1.807, 2.05) is 60.7 Å². The van der Waals surface area contributed by atoms with Crippen LogP contribution in [-0.4, -0.2) is 94.4 Å². The van der Waals surface area contributed by atoms with E-state index in [2.05, 4.69) is 21.9 Å². The Balaban J connectivity index is 1.31. The molecule has 4 N–H and O–H groups in total. The van der Waals surface area contributed by atoms with Crippen LogP contribution in [0.2, 0.25) is 0 Å². The van der Waals surface area contributed by atoms with Crippen molar-refractivity contribution in [3.05, 3.63) is 73.3 Å². The molecule has 1 saturated heterocycles. The molecule has 2 heterocycles. The minimum Gasteiger partial charge on any atom is -0.472 e. The molecule has 3 aliphatic rings. The van der Waals surface area contributed by atoms with Crippen molar-refractivity contribution in [2.45, 2.75) is 94.1 Å². The Morgan fingerprint density at radius 3 is 2.38 bits per heavy atom. The van der Waals surface area contributed by atoms with E-state index < -0.39 is 80.4 Å². The number of carbonyl (C=O) groups excluding carboxylic acids is 4. The van der Waals surface area contributed by atoms with Crippen LogP contribution in [0.1, 0.15) is 53.4 Å². The number of likely N-dealkylation sites (tertiary alicyclic amines) is 1. The van der Waals surface area contributed by atoms with Gasteiger partial charge in [-0.2, -0.15) is 0 Å². The zero-order valence-electron chi connectivity index (χ0n) is 30.1. The zero-order valence-corrected chi connectivity index (χ0v) is 30.9. The van der Waals surface area contributed by atoms with Crippen molar-refractivity contribution in [1.82, 2.24) is 25.2 Å². The van der Waals surface area contributed by atoms with Gasteiger partial charge in [0.05, 0.1) is 23.6 Å². The van der Waals surface area contributed by atoms with Crippen LogP contribution in [0.5, 0.6) is 5.88 Å². The Labute approximate surface area is 308 Å². The molecule has 0 radical (unpaired) electrons. The largest absolute Gasteiger partial charge is 0.472 e. The second-order valence-corrected chi connectivity index (χ2v) is 16.9. The highest BCUT2D eigenvalue weighted by atomic mass is 32.2. The van der Waals surface area contributed by atoms with Gasteiger partial charge < -0.3 is 30.1 Å². The van der Waals surface area contributed by atoms with E-state index in [1.54, 1.807) is 20.8 Å². The molecule has 2 aromatic carbocycles. The van der Waals surface area contributed by atoms with Crippen LogP contribution in [-0.2, 0) is 29.1 Å². The maximum Gasteiger partial charge on any atom is 0.408 e. The number of sulfonamides is 1. The molecule has 15 heteroatoms. The number of amides is 4. The molecule has 0 unspecified atom stereocenters. The summed E-state index contributed by atoms with van der Waals surface area (Å²) < 4.78 is 39.3. The molecule has 6 atom stereocenters. The van der Waals surface area contributed by atoms with Crippen molar-refractivity contribution in [3.8, 4) is 17.1 Å². The summed E-state index contributed by atoms with van der Waals surface area (Å²) in [5.41, 5.74) is -1.00. The SMILES string of the molecule is C=C[C@@H]1C[C@]1(NC(=O)[C@@H]1C[C@@H](Oc2nc(-c3ccccc3)cc3ccccc23)CN1C(=O)[C@@H](NC(=O)OC(C)(C)C)[C@H](C)O)C(=O)NS(=O)(=O)C1CC1. The van der Waals surface area contributed by atoms with E-state index in [0.29, 0.717) is 23.9 Å². The molecule has 2 aliphatic carbocycles. The molecule has 4 amide bonds. The summed E-state index contributed by atoms with van der Waals surface area (Å²) >= 11 is 0. The fourth-order valence-corrected chi connectivity index (χ4v) is 7.93. The molecule has 0 bridgehead atoms. The van der Waals surface area contributed by atoms with Crippen LogP contribution in [0.25, 0.3) is 22.0 Å². The lowest BCUT2D eigenvalue weighted by atomic mass is 10.1. The first-order valence-corrected chi connectivity index (χ1v) is 19.2. The summed E-state index contributed by atoms with van der Waals surface area (Å²) in [5.74, 6) is -2.71. The number of pyridine rings is 1. The number of hydrogen-bond acceptors (Lipinski definition) is 10. The first-order valence-electron chi connectivity index (χ1n) is 17.6. The summed E-state index contributed by atoms with van der Waals surface area (Å²) in [5, 5.41) is 16.7. The number of nitrogens with zero attached hydrogens (tertiary/aromatic N) is 2. The summed E-state index contributed by atoms with van der Waals surface area (Å²) in [4.78, 5) is 60.7. The van der Waals surface area contributed by atoms with Crippen molar-refractivity contribution in [2.75, 3.05) is 6.54 Å². The summed E-state index contributed by atoms with van der Waals surface area (Å²) in [6.07, 6.45) is -0.754. The second-order valence-electron chi connectivity index (χ2n) is 14.9. The van der Waals surface area contributed by atoms with E-state index in [9.17, 15) is 32.7 Å². The number of aliphatic hydroxyl groups is 1. The highest BCUT2D eigenvalue weighted by Crippen LogP contribution is 2.45. The van der Waals surface area contributed by atoms with Crippen LogP contribution in [0.4, 0.5) is 4.79 Å². The predicted octanol–water partition coefficient (Wildman–Crippen LogP) is 3.19. The quantitative estimate of drug-likeness (QED) is 0.200. The maximum atomic E-state index is 14.2. The van der Waals surface area contributed by atoms with Gasteiger partial charge in [0.15, 0.2) is 0 Å². The number of carbonyl (C=O) groups is 4. The highest BCUT2D eigenvalue weighted by Gasteiger charge is 2.62. The third-order valence-electron chi connectivity index (χ3n) is 9.57. The molecule has 3 aromatic rings. The lowest BCUT2D eigenvalue weighted by molar-refractivity contribution is -0.142. The average molecular weight is 748 g/mol. The Morgan fingerprint density at radius 1 is 1.08 bits per heavy atom. The average Bonchev–Trinajstić information content (AvgIpc) is 4.03. The first kappa shape index (κ1) is 37.7. The Bertz CT molecular complexity index is 2030. The van der Waals surface area contributed by atoms with E-state index in [0.717, 1.165) is 10.9 Å². The number of alkyl carbamates (subject to hydrolysis) is 1. The number of aromatic nitrogens is 1. The fourth-order valence-electron chi connectivity index (χ4n) is 6.57. The van der Waals surface area contributed by atoms with Crippen LogP contribution in [0.3, 0.4) is 0 Å². The molecule has 3 fully saturated rings. The lowest BCUT2D eigenvalue weighted by Gasteiger charge is -2.31. The summed E-state index contributed by atoms with van der Waals surface area (Å²) in [6, 6.07) is 16.2. The van der Waals surface area contributed by atoms with Gasteiger partial charge in [-0.25, -0.2) is 18.2 Å². The molecule has 0 spiro atoms. The Morgan fingerprint density at radius 2 is 1.75 bits per heavy atom. The van der Waals surface area contributed by atoms with E-state index in [1.165, 1.54) is 17.9 Å². The van der Waals surface area contributed by atoms with Gasteiger partial charge in [0.25, 0.3) is 5.91 Å². The van der Waals surface area contributed by atoms with Crippen molar-refractivity contribution >= 4 is 44.6 Å². The minimum absolute atomic E-state index is 0.0566. The van der Waals surface area contributed by atoms with Gasteiger partial charge in [-0.1, -0.05) is 54.6 Å². The number of rotatable bonds is 12. The fraction of sp³-hybridized carbons (Fsp3) is 0.447. The van der Waals surface area contributed by atoms with Gasteiger partial charge in [0.2, 0.25) is 27.7 Å². The van der Waals surface area contributed by atoms with Crippen LogP contribution >= 0.6 is 0 Å². The van der Waals surface area contributed by atoms with Crippen molar-refractivity contribution < 1.29 is 42.2 Å². The zero-order chi connectivity index (χ0) is 38.3. The van der Waals surface area contributed by atoms with Gasteiger partial charge in [0.1, 0.15) is 29.3 Å². The third-order valence-corrected chi connectivity index (χ3v) is 11.4. The number of hydrogen-bond donors (Lipinski definition) is 4. The van der Waals surface area contributed by atoms with Crippen LogP contribution in [0, 0.1) is 5.92 Å². The third kappa shape index (κ3) is 8.31. The number of nitrogens with one attached hydrogen (secondary N) is 3. The molecule has 14 nitrogen and oxygen atoms in total. The molecule has 1 aromatic heterocycles. The number of ether oxygens (including phenoxy) is 2. The van der Waals surface area contributed by atoms with Gasteiger partial charge in [-0.3, -0.25) is 19.1 Å². The topological polar surface area (TPSA) is 193 Å². The highest BCUT2D eigenvalue weighted by molar-refractivity contribution is 7.91. The number of benzene rings is 2. The smallest absolute Gasteiger partial charge is 0.408 e. The predicted molar refractivity (Wildman–Crippen MR) is 196 cm³/mol. The molecular formula is C38H45N5O9S.